The molecule has 0 spiro atoms. The van der Waals surface area contributed by atoms with Crippen molar-refractivity contribution in [3.8, 4) is 11.5 Å². The van der Waals surface area contributed by atoms with Crippen LogP contribution in [-0.2, 0) is 19.5 Å². The van der Waals surface area contributed by atoms with Gasteiger partial charge in [0.05, 0.1) is 5.69 Å². The van der Waals surface area contributed by atoms with Crippen molar-refractivity contribution < 1.29 is 0 Å². The van der Waals surface area contributed by atoms with Crippen LogP contribution in [0.15, 0.2) is 59.7 Å². The summed E-state index contributed by atoms with van der Waals surface area (Å²) in [6.45, 7) is 2.35. The van der Waals surface area contributed by atoms with Gasteiger partial charge in [-0.2, -0.15) is 0 Å². The van der Waals surface area contributed by atoms with E-state index < -0.39 is 0 Å². The number of H-pyrrole nitrogens is 2. The first-order valence-electron chi connectivity index (χ1n) is 9.09. The van der Waals surface area contributed by atoms with Crippen molar-refractivity contribution in [3.63, 3.8) is 0 Å². The Morgan fingerprint density at radius 1 is 1.11 bits per heavy atom. The standard InChI is InChI=1S/C21H19N5O/c27-21-16-8-11-26(12-14-4-3-6-17-15(14)7-10-23-17)13-19(16)24-20(25-21)18-5-1-2-9-22-18/h1-7,9-10,23H,8,11-13H2,(H,24,25,27). The monoisotopic (exact) mass is 357 g/mol. The van der Waals surface area contributed by atoms with Gasteiger partial charge in [0.15, 0.2) is 5.82 Å². The number of aromatic amines is 2. The smallest absolute Gasteiger partial charge is 0.254 e. The van der Waals surface area contributed by atoms with Gasteiger partial charge in [-0.3, -0.25) is 14.7 Å². The molecule has 0 saturated heterocycles. The van der Waals surface area contributed by atoms with Gasteiger partial charge in [0.25, 0.3) is 5.56 Å². The zero-order valence-corrected chi connectivity index (χ0v) is 14.8. The molecule has 1 aromatic carbocycles. The number of hydrogen-bond acceptors (Lipinski definition) is 4. The molecule has 5 rings (SSSR count). The lowest BCUT2D eigenvalue weighted by atomic mass is 10.0. The number of pyridine rings is 1. The molecule has 1 aliphatic heterocycles. The largest absolute Gasteiger partial charge is 0.361 e. The first kappa shape index (κ1) is 16.0. The second-order valence-corrected chi connectivity index (χ2v) is 6.87. The molecular weight excluding hydrogens is 338 g/mol. The van der Waals surface area contributed by atoms with Crippen molar-refractivity contribution in [3.05, 3.63) is 82.0 Å². The molecule has 0 amide bonds. The minimum atomic E-state index is -0.0481. The molecule has 0 atom stereocenters. The highest BCUT2D eigenvalue weighted by Crippen LogP contribution is 2.23. The maximum absolute atomic E-state index is 12.5. The number of fused-ring (bicyclic) bond motifs is 2. The van der Waals surface area contributed by atoms with Crippen LogP contribution in [0.25, 0.3) is 22.4 Å². The quantitative estimate of drug-likeness (QED) is 0.591. The third-order valence-electron chi connectivity index (χ3n) is 5.14. The summed E-state index contributed by atoms with van der Waals surface area (Å²) in [5.74, 6) is 0.536. The van der Waals surface area contributed by atoms with Crippen LogP contribution in [0.2, 0.25) is 0 Å². The summed E-state index contributed by atoms with van der Waals surface area (Å²) >= 11 is 0. The average molecular weight is 357 g/mol. The van der Waals surface area contributed by atoms with E-state index in [0.717, 1.165) is 29.9 Å². The van der Waals surface area contributed by atoms with Gasteiger partial charge in [0, 0.05) is 48.5 Å². The minimum Gasteiger partial charge on any atom is -0.361 e. The van der Waals surface area contributed by atoms with Gasteiger partial charge >= 0.3 is 0 Å². The molecule has 3 aromatic heterocycles. The van der Waals surface area contributed by atoms with E-state index in [1.807, 2.05) is 24.4 Å². The number of nitrogens with zero attached hydrogens (tertiary/aromatic N) is 3. The second-order valence-electron chi connectivity index (χ2n) is 6.87. The minimum absolute atomic E-state index is 0.0481. The van der Waals surface area contributed by atoms with Crippen molar-refractivity contribution in [1.29, 1.82) is 0 Å². The van der Waals surface area contributed by atoms with Crippen molar-refractivity contribution in [1.82, 2.24) is 24.8 Å². The first-order valence-corrected chi connectivity index (χ1v) is 9.09. The van der Waals surface area contributed by atoms with Crippen molar-refractivity contribution in [2.75, 3.05) is 6.54 Å². The third kappa shape index (κ3) is 2.94. The Balaban J connectivity index is 1.46. The van der Waals surface area contributed by atoms with Gasteiger partial charge in [-0.05, 0) is 36.2 Å². The van der Waals surface area contributed by atoms with E-state index >= 15 is 0 Å². The van der Waals surface area contributed by atoms with Crippen LogP contribution in [-0.4, -0.2) is 31.4 Å². The maximum atomic E-state index is 12.5. The summed E-state index contributed by atoms with van der Waals surface area (Å²) in [7, 11) is 0. The van der Waals surface area contributed by atoms with Crippen LogP contribution < -0.4 is 5.56 Å². The Kier molecular flexibility index (Phi) is 3.83. The summed E-state index contributed by atoms with van der Waals surface area (Å²) in [4.78, 5) is 30.0. The Labute approximate surface area is 155 Å². The van der Waals surface area contributed by atoms with Gasteiger partial charge < -0.3 is 9.97 Å². The van der Waals surface area contributed by atoms with Gasteiger partial charge in [0.1, 0.15) is 5.69 Å². The van der Waals surface area contributed by atoms with Gasteiger partial charge in [-0.15, -0.1) is 0 Å². The molecule has 0 radical (unpaired) electrons. The molecule has 2 N–H and O–H groups in total. The van der Waals surface area contributed by atoms with E-state index in [1.165, 1.54) is 10.9 Å². The molecule has 0 saturated carbocycles. The zero-order valence-electron chi connectivity index (χ0n) is 14.8. The van der Waals surface area contributed by atoms with Crippen molar-refractivity contribution in [2.24, 2.45) is 0 Å². The van der Waals surface area contributed by atoms with E-state index in [4.69, 9.17) is 4.98 Å². The lowest BCUT2D eigenvalue weighted by Crippen LogP contribution is -2.35. The highest BCUT2D eigenvalue weighted by atomic mass is 16.1. The lowest BCUT2D eigenvalue weighted by molar-refractivity contribution is 0.241. The molecule has 134 valence electrons. The highest BCUT2D eigenvalue weighted by Gasteiger charge is 2.22. The number of nitrogens with one attached hydrogen (secondary N) is 2. The molecule has 1 aliphatic rings. The summed E-state index contributed by atoms with van der Waals surface area (Å²) in [5, 5.41) is 1.25. The van der Waals surface area contributed by atoms with Crippen LogP contribution in [0.3, 0.4) is 0 Å². The number of hydrogen-bond donors (Lipinski definition) is 2. The number of rotatable bonds is 3. The van der Waals surface area contributed by atoms with Crippen LogP contribution in [0, 0.1) is 0 Å². The second kappa shape index (κ2) is 6.48. The topological polar surface area (TPSA) is 77.7 Å². The predicted octanol–water partition coefficient (Wildman–Crippen LogP) is 2.87. The van der Waals surface area contributed by atoms with Gasteiger partial charge in [-0.1, -0.05) is 18.2 Å². The van der Waals surface area contributed by atoms with Crippen molar-refractivity contribution in [2.45, 2.75) is 19.5 Å². The normalized spacial score (nSPS) is 14.4. The summed E-state index contributed by atoms with van der Waals surface area (Å²) in [5.41, 5.74) is 4.72. The van der Waals surface area contributed by atoms with Gasteiger partial charge in [0.2, 0.25) is 0 Å². The molecular formula is C21H19N5O. The van der Waals surface area contributed by atoms with Crippen LogP contribution in [0.1, 0.15) is 16.8 Å². The SMILES string of the molecule is O=c1[nH]c(-c2ccccn2)nc2c1CCN(Cc1cccc3[nH]ccc13)C2. The molecule has 0 aliphatic carbocycles. The first-order chi connectivity index (χ1) is 13.3. The lowest BCUT2D eigenvalue weighted by Gasteiger charge is -2.28. The zero-order chi connectivity index (χ0) is 18.2. The number of benzene rings is 1. The van der Waals surface area contributed by atoms with E-state index in [-0.39, 0.29) is 5.56 Å². The molecule has 4 aromatic rings. The van der Waals surface area contributed by atoms with Crippen LogP contribution in [0.4, 0.5) is 0 Å². The summed E-state index contributed by atoms with van der Waals surface area (Å²) < 4.78 is 0. The van der Waals surface area contributed by atoms with Crippen LogP contribution in [0.5, 0.6) is 0 Å². The Morgan fingerprint density at radius 3 is 2.96 bits per heavy atom. The van der Waals surface area contributed by atoms with E-state index in [0.29, 0.717) is 24.5 Å². The van der Waals surface area contributed by atoms with Crippen LogP contribution >= 0.6 is 0 Å². The predicted molar refractivity (Wildman–Crippen MR) is 104 cm³/mol. The van der Waals surface area contributed by atoms with Gasteiger partial charge in [-0.25, -0.2) is 4.98 Å². The third-order valence-corrected chi connectivity index (χ3v) is 5.14. The maximum Gasteiger partial charge on any atom is 0.254 e. The molecule has 4 heterocycles. The molecule has 0 unspecified atom stereocenters. The Hall–Kier alpha value is -3.25. The number of aromatic nitrogens is 4. The van der Waals surface area contributed by atoms with Crippen molar-refractivity contribution >= 4 is 10.9 Å². The van der Waals surface area contributed by atoms with E-state index in [1.54, 1.807) is 6.20 Å². The summed E-state index contributed by atoms with van der Waals surface area (Å²) in [6.07, 6.45) is 4.39. The molecule has 6 heteroatoms. The fourth-order valence-corrected chi connectivity index (χ4v) is 3.78. The fourth-order valence-electron chi connectivity index (χ4n) is 3.78. The fraction of sp³-hybridized carbons (Fsp3) is 0.190. The Bertz CT molecular complexity index is 1160. The summed E-state index contributed by atoms with van der Waals surface area (Å²) in [6, 6.07) is 14.0. The van der Waals surface area contributed by atoms with E-state index in [9.17, 15) is 4.79 Å². The molecule has 0 bridgehead atoms. The molecule has 0 fully saturated rings. The van der Waals surface area contributed by atoms with E-state index in [2.05, 4.69) is 44.1 Å². The highest BCUT2D eigenvalue weighted by molar-refractivity contribution is 5.82. The molecule has 27 heavy (non-hydrogen) atoms. The average Bonchev–Trinajstić information content (AvgIpc) is 3.18. The molecule has 6 nitrogen and oxygen atoms in total. The Morgan fingerprint density at radius 2 is 2.07 bits per heavy atom.